The lowest BCUT2D eigenvalue weighted by Crippen LogP contribution is -2.30. The summed E-state index contributed by atoms with van der Waals surface area (Å²) >= 11 is 6.32. The zero-order valence-electron chi connectivity index (χ0n) is 13.4. The van der Waals surface area contributed by atoms with Gasteiger partial charge in [0.1, 0.15) is 12.9 Å². The summed E-state index contributed by atoms with van der Waals surface area (Å²) in [5, 5.41) is 0.394. The number of benzene rings is 1. The molecule has 2 aliphatic heterocycles. The van der Waals surface area contributed by atoms with Crippen molar-refractivity contribution in [2.45, 2.75) is 18.9 Å². The Kier molecular flexibility index (Phi) is 3.84. The van der Waals surface area contributed by atoms with Crippen LogP contribution < -0.4 is 0 Å². The Morgan fingerprint density at radius 1 is 1.48 bits per heavy atom. The van der Waals surface area contributed by atoms with Crippen molar-refractivity contribution < 1.29 is 14.3 Å². The van der Waals surface area contributed by atoms with Gasteiger partial charge in [-0.1, -0.05) is 30.3 Å². The maximum atomic E-state index is 13.0. The molecule has 1 aromatic carbocycles. The van der Waals surface area contributed by atoms with Gasteiger partial charge in [-0.15, -0.1) is 0 Å². The number of imidazole rings is 1. The SMILES string of the molecule is C=CCOC(=O)c1ncn2c1[C@@H]1CCCN1C(=O)c1c(Cl)cccc1-2. The minimum Gasteiger partial charge on any atom is -0.457 e. The van der Waals surface area contributed by atoms with Gasteiger partial charge in [-0.25, -0.2) is 9.78 Å². The van der Waals surface area contributed by atoms with Crippen molar-refractivity contribution in [2.75, 3.05) is 13.2 Å². The molecule has 1 amide bonds. The summed E-state index contributed by atoms with van der Waals surface area (Å²) < 4.78 is 6.96. The first-order chi connectivity index (χ1) is 12.1. The molecule has 1 fully saturated rings. The first-order valence-corrected chi connectivity index (χ1v) is 8.46. The third-order valence-corrected chi connectivity index (χ3v) is 4.94. The van der Waals surface area contributed by atoms with Crippen molar-refractivity contribution in [1.29, 1.82) is 0 Å². The molecule has 6 nitrogen and oxygen atoms in total. The van der Waals surface area contributed by atoms with E-state index in [1.165, 1.54) is 6.08 Å². The molecule has 7 heteroatoms. The van der Waals surface area contributed by atoms with E-state index in [1.807, 2.05) is 6.07 Å². The molecule has 3 heterocycles. The van der Waals surface area contributed by atoms with E-state index in [0.717, 1.165) is 12.8 Å². The summed E-state index contributed by atoms with van der Waals surface area (Å²) in [7, 11) is 0. The molecular weight excluding hydrogens is 342 g/mol. The fourth-order valence-electron chi connectivity index (χ4n) is 3.59. The number of rotatable bonds is 3. The zero-order valence-corrected chi connectivity index (χ0v) is 14.2. The number of carbonyl (C=O) groups excluding carboxylic acids is 2. The largest absolute Gasteiger partial charge is 0.457 e. The summed E-state index contributed by atoms with van der Waals surface area (Å²) in [4.78, 5) is 31.5. The number of nitrogens with zero attached hydrogens (tertiary/aromatic N) is 3. The van der Waals surface area contributed by atoms with Gasteiger partial charge >= 0.3 is 5.97 Å². The molecule has 25 heavy (non-hydrogen) atoms. The number of esters is 1. The second kappa shape index (κ2) is 6.04. The van der Waals surface area contributed by atoms with Crippen LogP contribution in [-0.2, 0) is 4.74 Å². The third-order valence-electron chi connectivity index (χ3n) is 4.62. The Bertz CT molecular complexity index is 890. The van der Waals surface area contributed by atoms with Crippen molar-refractivity contribution in [3.8, 4) is 5.69 Å². The molecule has 1 saturated heterocycles. The first-order valence-electron chi connectivity index (χ1n) is 8.08. The Balaban J connectivity index is 1.93. The van der Waals surface area contributed by atoms with E-state index >= 15 is 0 Å². The minimum atomic E-state index is -0.515. The topological polar surface area (TPSA) is 64.4 Å². The van der Waals surface area contributed by atoms with Crippen LogP contribution in [0, 0.1) is 0 Å². The summed E-state index contributed by atoms with van der Waals surface area (Å²) in [6.07, 6.45) is 4.70. The molecule has 0 saturated carbocycles. The van der Waals surface area contributed by atoms with Gasteiger partial charge in [0.05, 0.1) is 28.0 Å². The second-order valence-corrected chi connectivity index (χ2v) is 6.43. The molecule has 2 aliphatic rings. The van der Waals surface area contributed by atoms with Crippen LogP contribution in [0.5, 0.6) is 0 Å². The van der Waals surface area contributed by atoms with Crippen LogP contribution in [0.3, 0.4) is 0 Å². The highest BCUT2D eigenvalue weighted by Gasteiger charge is 2.40. The minimum absolute atomic E-state index is 0.112. The van der Waals surface area contributed by atoms with E-state index in [0.29, 0.717) is 28.5 Å². The van der Waals surface area contributed by atoms with Crippen molar-refractivity contribution in [1.82, 2.24) is 14.5 Å². The molecular formula is C18H16ClN3O3. The average molecular weight is 358 g/mol. The molecule has 1 atom stereocenters. The van der Waals surface area contributed by atoms with E-state index in [4.69, 9.17) is 16.3 Å². The highest BCUT2D eigenvalue weighted by atomic mass is 35.5. The highest BCUT2D eigenvalue weighted by Crippen LogP contribution is 2.41. The van der Waals surface area contributed by atoms with Gasteiger partial charge in [-0.2, -0.15) is 0 Å². The monoisotopic (exact) mass is 357 g/mol. The molecule has 0 bridgehead atoms. The van der Waals surface area contributed by atoms with Gasteiger partial charge in [-0.05, 0) is 25.0 Å². The maximum Gasteiger partial charge on any atom is 0.359 e. The molecule has 128 valence electrons. The Labute approximate surface area is 149 Å². The summed E-state index contributed by atoms with van der Waals surface area (Å²) in [5.41, 5.74) is 2.00. The molecule has 1 aromatic heterocycles. The van der Waals surface area contributed by atoms with Crippen molar-refractivity contribution in [2.24, 2.45) is 0 Å². The Morgan fingerprint density at radius 3 is 3.12 bits per heavy atom. The number of carbonyl (C=O) groups is 2. The van der Waals surface area contributed by atoms with Crippen LogP contribution >= 0.6 is 11.6 Å². The van der Waals surface area contributed by atoms with Gasteiger partial charge in [0.2, 0.25) is 0 Å². The van der Waals surface area contributed by atoms with Crippen LogP contribution in [0.15, 0.2) is 37.2 Å². The van der Waals surface area contributed by atoms with Crippen LogP contribution in [0.1, 0.15) is 45.4 Å². The van der Waals surface area contributed by atoms with Gasteiger partial charge in [0, 0.05) is 6.54 Å². The molecule has 4 rings (SSSR count). The highest BCUT2D eigenvalue weighted by molar-refractivity contribution is 6.34. The van der Waals surface area contributed by atoms with Crippen LogP contribution in [0.25, 0.3) is 5.69 Å². The van der Waals surface area contributed by atoms with Crippen molar-refractivity contribution in [3.05, 3.63) is 59.2 Å². The van der Waals surface area contributed by atoms with E-state index in [1.54, 1.807) is 27.9 Å². The van der Waals surface area contributed by atoms with Crippen molar-refractivity contribution >= 4 is 23.5 Å². The lowest BCUT2D eigenvalue weighted by Gasteiger charge is -2.23. The van der Waals surface area contributed by atoms with Crippen LogP contribution in [0.4, 0.5) is 0 Å². The molecule has 0 aliphatic carbocycles. The zero-order chi connectivity index (χ0) is 17.6. The Hall–Kier alpha value is -2.60. The standard InChI is InChI=1S/C18H16ClN3O3/c1-2-9-25-18(24)15-16-13-7-4-8-21(13)17(23)14-11(19)5-3-6-12(14)22(16)10-20-15/h2-3,5-6,10,13H,1,4,7-9H2/t13-/m0/s1. The molecule has 0 spiro atoms. The second-order valence-electron chi connectivity index (χ2n) is 6.03. The normalized spacial score (nSPS) is 18.2. The van der Waals surface area contributed by atoms with Gasteiger partial charge in [0.15, 0.2) is 5.69 Å². The fourth-order valence-corrected chi connectivity index (χ4v) is 3.84. The predicted octanol–water partition coefficient (Wildman–Crippen LogP) is 3.16. The summed E-state index contributed by atoms with van der Waals surface area (Å²) in [6, 6.07) is 5.07. The van der Waals surface area contributed by atoms with Crippen LogP contribution in [-0.4, -0.2) is 39.5 Å². The lowest BCUT2D eigenvalue weighted by atomic mass is 10.1. The molecule has 0 radical (unpaired) electrons. The number of aromatic nitrogens is 2. The van der Waals surface area contributed by atoms with Gasteiger partial charge in [-0.3, -0.25) is 9.36 Å². The smallest absolute Gasteiger partial charge is 0.359 e. The molecule has 2 aromatic rings. The maximum absolute atomic E-state index is 13.0. The van der Waals surface area contributed by atoms with E-state index in [-0.39, 0.29) is 24.2 Å². The number of ether oxygens (including phenoxy) is 1. The average Bonchev–Trinajstić information content (AvgIpc) is 3.23. The Morgan fingerprint density at radius 2 is 2.32 bits per heavy atom. The summed E-state index contributed by atoms with van der Waals surface area (Å²) in [5.74, 6) is -0.629. The fraction of sp³-hybridized carbons (Fsp3) is 0.278. The van der Waals surface area contributed by atoms with E-state index < -0.39 is 5.97 Å². The van der Waals surface area contributed by atoms with Gasteiger partial charge < -0.3 is 9.64 Å². The summed E-state index contributed by atoms with van der Waals surface area (Å²) in [6.45, 7) is 4.29. The van der Waals surface area contributed by atoms with Crippen LogP contribution in [0.2, 0.25) is 5.02 Å². The molecule has 0 unspecified atom stereocenters. The number of fused-ring (bicyclic) bond motifs is 5. The number of halogens is 1. The third kappa shape index (κ3) is 2.36. The van der Waals surface area contributed by atoms with Gasteiger partial charge in [0.25, 0.3) is 5.91 Å². The number of hydrogen-bond donors (Lipinski definition) is 0. The van der Waals surface area contributed by atoms with E-state index in [2.05, 4.69) is 11.6 Å². The quantitative estimate of drug-likeness (QED) is 0.625. The number of amides is 1. The van der Waals surface area contributed by atoms with Crippen molar-refractivity contribution in [3.63, 3.8) is 0 Å². The molecule has 0 N–H and O–H groups in total. The first kappa shape index (κ1) is 15.9. The number of hydrogen-bond acceptors (Lipinski definition) is 4. The van der Waals surface area contributed by atoms with E-state index in [9.17, 15) is 9.59 Å². The lowest BCUT2D eigenvalue weighted by molar-refractivity contribution is 0.0536. The predicted molar refractivity (Wildman–Crippen MR) is 92.1 cm³/mol.